The summed E-state index contributed by atoms with van der Waals surface area (Å²) in [7, 11) is 0. The zero-order chi connectivity index (χ0) is 9.14. The third-order valence-corrected chi connectivity index (χ3v) is 2.92. The van der Waals surface area contributed by atoms with Gasteiger partial charge in [-0.1, -0.05) is 36.2 Å². The van der Waals surface area contributed by atoms with E-state index in [0.717, 1.165) is 12.0 Å². The predicted molar refractivity (Wildman–Crippen MR) is 55.4 cm³/mol. The van der Waals surface area contributed by atoms with Crippen LogP contribution >= 0.6 is 34.8 Å². The van der Waals surface area contributed by atoms with Crippen LogP contribution in [0.2, 0.25) is 10.0 Å². The quantitative estimate of drug-likeness (QED) is 0.656. The summed E-state index contributed by atoms with van der Waals surface area (Å²) < 4.78 is 0. The first-order valence-electron chi connectivity index (χ1n) is 3.72. The molecule has 3 heteroatoms. The van der Waals surface area contributed by atoms with E-state index in [1.165, 1.54) is 5.56 Å². The van der Waals surface area contributed by atoms with Crippen molar-refractivity contribution in [1.29, 1.82) is 0 Å². The van der Waals surface area contributed by atoms with Crippen molar-refractivity contribution in [3.8, 4) is 0 Å². The smallest absolute Gasteiger partial charge is 0.0639 e. The van der Waals surface area contributed by atoms with Crippen LogP contribution < -0.4 is 0 Å². The fraction of sp³-hybridized carbons (Fsp3) is 0.333. The van der Waals surface area contributed by atoms with E-state index in [1.54, 1.807) is 6.07 Å². The molecule has 12 heavy (non-hydrogen) atoms. The maximum absolute atomic E-state index is 5.96. The highest BCUT2D eigenvalue weighted by Crippen LogP contribution is 2.29. The maximum atomic E-state index is 5.96. The molecule has 0 aliphatic rings. The Morgan fingerprint density at radius 3 is 2.42 bits per heavy atom. The number of rotatable bonds is 2. The minimum absolute atomic E-state index is 0.419. The maximum Gasteiger partial charge on any atom is 0.0639 e. The molecule has 0 aromatic heterocycles. The Bertz CT molecular complexity index is 281. The Morgan fingerprint density at radius 2 is 1.92 bits per heavy atom. The zero-order valence-electron chi connectivity index (χ0n) is 6.70. The second kappa shape index (κ2) is 4.36. The van der Waals surface area contributed by atoms with Crippen molar-refractivity contribution in [2.75, 3.05) is 0 Å². The molecule has 66 valence electrons. The van der Waals surface area contributed by atoms with Crippen LogP contribution in [0.4, 0.5) is 0 Å². The fourth-order valence-corrected chi connectivity index (χ4v) is 1.91. The van der Waals surface area contributed by atoms with Crippen molar-refractivity contribution in [1.82, 2.24) is 0 Å². The van der Waals surface area contributed by atoms with Crippen molar-refractivity contribution >= 4 is 34.8 Å². The van der Waals surface area contributed by atoms with Gasteiger partial charge in [-0.15, -0.1) is 11.6 Å². The normalized spacial score (nSPS) is 10.3. The summed E-state index contributed by atoms with van der Waals surface area (Å²) in [4.78, 5) is 0. The number of hydrogen-bond donors (Lipinski definition) is 0. The Balaban J connectivity index is 3.25. The molecule has 0 aliphatic carbocycles. The van der Waals surface area contributed by atoms with E-state index in [4.69, 9.17) is 34.8 Å². The molecular weight excluding hydrogens is 214 g/mol. The van der Waals surface area contributed by atoms with Gasteiger partial charge in [0.1, 0.15) is 0 Å². The van der Waals surface area contributed by atoms with Gasteiger partial charge in [0, 0.05) is 5.88 Å². The molecule has 1 aromatic rings. The van der Waals surface area contributed by atoms with Crippen LogP contribution in [-0.4, -0.2) is 0 Å². The minimum Gasteiger partial charge on any atom is -0.121 e. The molecule has 1 aromatic carbocycles. The van der Waals surface area contributed by atoms with Gasteiger partial charge in [0.05, 0.1) is 10.0 Å². The lowest BCUT2D eigenvalue weighted by molar-refractivity contribution is 1.10. The van der Waals surface area contributed by atoms with E-state index in [2.05, 4.69) is 6.92 Å². The van der Waals surface area contributed by atoms with E-state index >= 15 is 0 Å². The van der Waals surface area contributed by atoms with Crippen LogP contribution in [0, 0.1) is 0 Å². The second-order valence-electron chi connectivity index (χ2n) is 2.49. The van der Waals surface area contributed by atoms with Crippen molar-refractivity contribution in [3.63, 3.8) is 0 Å². The van der Waals surface area contributed by atoms with Crippen LogP contribution in [0.1, 0.15) is 18.1 Å². The summed E-state index contributed by atoms with van der Waals surface area (Å²) >= 11 is 17.5. The SMILES string of the molecule is CCc1ccc(Cl)c(Cl)c1CCl. The van der Waals surface area contributed by atoms with Gasteiger partial charge < -0.3 is 0 Å². The molecule has 0 bridgehead atoms. The van der Waals surface area contributed by atoms with Crippen LogP contribution in [0.25, 0.3) is 0 Å². The van der Waals surface area contributed by atoms with Crippen LogP contribution in [0.15, 0.2) is 12.1 Å². The zero-order valence-corrected chi connectivity index (χ0v) is 8.97. The highest BCUT2D eigenvalue weighted by Gasteiger charge is 2.07. The van der Waals surface area contributed by atoms with Crippen LogP contribution in [0.3, 0.4) is 0 Å². The standard InChI is InChI=1S/C9H9Cl3/c1-2-6-3-4-8(11)9(12)7(6)5-10/h3-4H,2,5H2,1H3. The third-order valence-electron chi connectivity index (χ3n) is 1.81. The van der Waals surface area contributed by atoms with Gasteiger partial charge >= 0.3 is 0 Å². The highest BCUT2D eigenvalue weighted by atomic mass is 35.5. The van der Waals surface area contributed by atoms with Gasteiger partial charge in [0.15, 0.2) is 0 Å². The van der Waals surface area contributed by atoms with Crippen LogP contribution in [0.5, 0.6) is 0 Å². The first-order valence-corrected chi connectivity index (χ1v) is 5.01. The largest absolute Gasteiger partial charge is 0.121 e. The highest BCUT2D eigenvalue weighted by molar-refractivity contribution is 6.42. The lowest BCUT2D eigenvalue weighted by Crippen LogP contribution is -1.91. The molecule has 0 heterocycles. The Kier molecular flexibility index (Phi) is 3.70. The van der Waals surface area contributed by atoms with Crippen LogP contribution in [-0.2, 0) is 12.3 Å². The minimum atomic E-state index is 0.419. The number of halogens is 3. The molecule has 0 nitrogen and oxygen atoms in total. The van der Waals surface area contributed by atoms with Gasteiger partial charge in [0.25, 0.3) is 0 Å². The van der Waals surface area contributed by atoms with E-state index in [0.29, 0.717) is 15.9 Å². The first-order chi connectivity index (χ1) is 5.70. The summed E-state index contributed by atoms with van der Waals surface area (Å²) in [5.41, 5.74) is 2.12. The van der Waals surface area contributed by atoms with E-state index in [9.17, 15) is 0 Å². The molecule has 0 spiro atoms. The molecule has 0 saturated carbocycles. The van der Waals surface area contributed by atoms with Gasteiger partial charge in [0.2, 0.25) is 0 Å². The monoisotopic (exact) mass is 222 g/mol. The molecule has 0 unspecified atom stereocenters. The van der Waals surface area contributed by atoms with Gasteiger partial charge in [-0.25, -0.2) is 0 Å². The molecule has 0 atom stereocenters. The molecule has 0 saturated heterocycles. The molecular formula is C9H9Cl3. The van der Waals surface area contributed by atoms with Gasteiger partial charge in [-0.05, 0) is 23.6 Å². The summed E-state index contributed by atoms with van der Waals surface area (Å²) in [5.74, 6) is 0.419. The lowest BCUT2D eigenvalue weighted by Gasteiger charge is -2.07. The summed E-state index contributed by atoms with van der Waals surface area (Å²) in [6, 6.07) is 3.77. The summed E-state index contributed by atoms with van der Waals surface area (Å²) in [6.45, 7) is 2.07. The first kappa shape index (κ1) is 10.2. The van der Waals surface area contributed by atoms with Gasteiger partial charge in [-0.3, -0.25) is 0 Å². The van der Waals surface area contributed by atoms with Crippen molar-refractivity contribution in [2.45, 2.75) is 19.2 Å². The molecule has 0 amide bonds. The third kappa shape index (κ3) is 1.87. The Morgan fingerprint density at radius 1 is 1.25 bits per heavy atom. The number of benzene rings is 1. The van der Waals surface area contributed by atoms with Crippen molar-refractivity contribution in [3.05, 3.63) is 33.3 Å². The lowest BCUT2D eigenvalue weighted by atomic mass is 10.1. The van der Waals surface area contributed by atoms with E-state index in [-0.39, 0.29) is 0 Å². The number of aryl methyl sites for hydroxylation is 1. The second-order valence-corrected chi connectivity index (χ2v) is 3.54. The molecule has 0 N–H and O–H groups in total. The number of alkyl halides is 1. The number of hydrogen-bond acceptors (Lipinski definition) is 0. The average Bonchev–Trinajstić information content (AvgIpc) is 2.09. The van der Waals surface area contributed by atoms with E-state index in [1.807, 2.05) is 6.07 Å². The van der Waals surface area contributed by atoms with Gasteiger partial charge in [-0.2, -0.15) is 0 Å². The molecule has 0 aliphatic heterocycles. The molecule has 0 fully saturated rings. The fourth-order valence-electron chi connectivity index (χ4n) is 1.11. The Hall–Kier alpha value is 0.0900. The molecule has 1 rings (SSSR count). The predicted octanol–water partition coefficient (Wildman–Crippen LogP) is 4.29. The average molecular weight is 224 g/mol. The molecule has 0 radical (unpaired) electrons. The van der Waals surface area contributed by atoms with Crippen molar-refractivity contribution in [2.24, 2.45) is 0 Å². The topological polar surface area (TPSA) is 0 Å². The van der Waals surface area contributed by atoms with Crippen molar-refractivity contribution < 1.29 is 0 Å². The Labute approximate surface area is 87.4 Å². The summed E-state index contributed by atoms with van der Waals surface area (Å²) in [6.07, 6.45) is 0.930. The summed E-state index contributed by atoms with van der Waals surface area (Å²) in [5, 5.41) is 1.16. The van der Waals surface area contributed by atoms with E-state index < -0.39 is 0 Å².